The third kappa shape index (κ3) is 8.06. The van der Waals surface area contributed by atoms with Gasteiger partial charge in [0.25, 0.3) is 0 Å². The first-order chi connectivity index (χ1) is 19.5. The van der Waals surface area contributed by atoms with E-state index in [9.17, 15) is 14.4 Å². The van der Waals surface area contributed by atoms with Crippen LogP contribution in [0.3, 0.4) is 0 Å². The molecule has 0 spiro atoms. The molecule has 0 unspecified atom stereocenters. The molecule has 1 aliphatic rings. The highest BCUT2D eigenvalue weighted by molar-refractivity contribution is 5.88. The summed E-state index contributed by atoms with van der Waals surface area (Å²) in [6, 6.07) is 17.3. The number of carboxylic acids is 3. The monoisotopic (exact) mass is 570 g/mol. The SMILES string of the molecule is COCCn1cc(CNC2(c3ccc(OC)cc3)CCCC2)c2ccccc21.O=C(O)CC(O)(CC(=O)O)C(=O)O. The Kier molecular flexibility index (Phi) is 10.9. The summed E-state index contributed by atoms with van der Waals surface area (Å²) in [5.41, 5.74) is 1.32. The Hall–Kier alpha value is -3.93. The highest BCUT2D eigenvalue weighted by Gasteiger charge is 2.41. The average molecular weight is 571 g/mol. The van der Waals surface area contributed by atoms with Gasteiger partial charge >= 0.3 is 17.9 Å². The number of benzene rings is 2. The molecular formula is C30H38N2O9. The molecule has 5 N–H and O–H groups in total. The van der Waals surface area contributed by atoms with E-state index in [2.05, 4.69) is 64.6 Å². The first kappa shape index (κ1) is 31.6. The topological polar surface area (TPSA) is 168 Å². The molecule has 1 heterocycles. The van der Waals surface area contributed by atoms with Crippen molar-refractivity contribution in [3.63, 3.8) is 0 Å². The largest absolute Gasteiger partial charge is 0.497 e. The van der Waals surface area contributed by atoms with Crippen molar-refractivity contribution < 1.29 is 44.3 Å². The Bertz CT molecular complexity index is 1310. The lowest BCUT2D eigenvalue weighted by Crippen LogP contribution is -2.42. The molecule has 0 bridgehead atoms. The summed E-state index contributed by atoms with van der Waals surface area (Å²) in [5.74, 6) is -4.10. The molecule has 41 heavy (non-hydrogen) atoms. The van der Waals surface area contributed by atoms with Gasteiger partial charge in [0.05, 0.1) is 26.6 Å². The van der Waals surface area contributed by atoms with Gasteiger partial charge in [-0.15, -0.1) is 0 Å². The minimum atomic E-state index is -2.74. The lowest BCUT2D eigenvalue weighted by Gasteiger charge is -2.31. The summed E-state index contributed by atoms with van der Waals surface area (Å²) in [4.78, 5) is 30.5. The number of para-hydroxylation sites is 1. The molecule has 1 saturated carbocycles. The number of aromatic nitrogens is 1. The number of hydrogen-bond acceptors (Lipinski definition) is 7. The first-order valence-electron chi connectivity index (χ1n) is 13.4. The molecule has 2 aromatic carbocycles. The van der Waals surface area contributed by atoms with Crippen LogP contribution in [0, 0.1) is 0 Å². The van der Waals surface area contributed by atoms with Gasteiger partial charge < -0.3 is 39.8 Å². The van der Waals surface area contributed by atoms with E-state index >= 15 is 0 Å². The molecule has 1 fully saturated rings. The molecule has 3 aromatic rings. The van der Waals surface area contributed by atoms with Crippen molar-refractivity contribution >= 4 is 28.8 Å². The van der Waals surface area contributed by atoms with Crippen molar-refractivity contribution in [1.82, 2.24) is 9.88 Å². The number of carbonyl (C=O) groups is 3. The van der Waals surface area contributed by atoms with Crippen LogP contribution in [-0.2, 0) is 37.7 Å². The molecule has 11 heteroatoms. The smallest absolute Gasteiger partial charge is 0.336 e. The molecule has 0 radical (unpaired) electrons. The molecular weight excluding hydrogens is 532 g/mol. The van der Waals surface area contributed by atoms with Crippen LogP contribution in [0.25, 0.3) is 10.9 Å². The molecule has 0 aliphatic heterocycles. The van der Waals surface area contributed by atoms with Gasteiger partial charge in [-0.25, -0.2) is 4.79 Å². The minimum absolute atomic E-state index is 0.0575. The zero-order valence-electron chi connectivity index (χ0n) is 23.3. The van der Waals surface area contributed by atoms with Crippen LogP contribution in [0.2, 0.25) is 0 Å². The molecule has 1 aromatic heterocycles. The second kappa shape index (κ2) is 14.1. The van der Waals surface area contributed by atoms with E-state index in [0.29, 0.717) is 0 Å². The van der Waals surface area contributed by atoms with Crippen molar-refractivity contribution in [2.45, 2.75) is 62.8 Å². The maximum atomic E-state index is 10.3. The normalized spacial score (nSPS) is 14.3. The molecule has 0 amide bonds. The fraction of sp³-hybridized carbons (Fsp3) is 0.433. The Morgan fingerprint density at radius 1 is 0.951 bits per heavy atom. The van der Waals surface area contributed by atoms with Gasteiger partial charge in [-0.3, -0.25) is 9.59 Å². The maximum Gasteiger partial charge on any atom is 0.336 e. The molecule has 11 nitrogen and oxygen atoms in total. The second-order valence-corrected chi connectivity index (χ2v) is 10.2. The minimum Gasteiger partial charge on any atom is -0.497 e. The summed E-state index contributed by atoms with van der Waals surface area (Å²) in [6.07, 6.45) is 4.91. The van der Waals surface area contributed by atoms with Crippen LogP contribution >= 0.6 is 0 Å². The van der Waals surface area contributed by atoms with Crippen molar-refractivity contribution in [3.05, 3.63) is 65.9 Å². The third-order valence-corrected chi connectivity index (χ3v) is 7.41. The molecule has 222 valence electrons. The van der Waals surface area contributed by atoms with Crippen molar-refractivity contribution in [2.75, 3.05) is 20.8 Å². The summed E-state index contributed by atoms with van der Waals surface area (Å²) in [7, 11) is 3.48. The Balaban J connectivity index is 0.000000302. The number of rotatable bonds is 13. The fourth-order valence-electron chi connectivity index (χ4n) is 5.27. The maximum absolute atomic E-state index is 10.3. The zero-order chi connectivity index (χ0) is 30.0. The number of aliphatic hydroxyl groups is 1. The van der Waals surface area contributed by atoms with Crippen molar-refractivity contribution in [3.8, 4) is 5.75 Å². The highest BCUT2D eigenvalue weighted by atomic mass is 16.5. The summed E-state index contributed by atoms with van der Waals surface area (Å²) in [6.45, 7) is 2.47. The Morgan fingerprint density at radius 3 is 2.10 bits per heavy atom. The predicted molar refractivity (Wildman–Crippen MR) is 151 cm³/mol. The van der Waals surface area contributed by atoms with Gasteiger partial charge in [-0.05, 0) is 42.2 Å². The first-order valence-corrected chi connectivity index (χ1v) is 13.4. The summed E-state index contributed by atoms with van der Waals surface area (Å²) in [5, 5.41) is 39.1. The van der Waals surface area contributed by atoms with Crippen LogP contribution in [0.4, 0.5) is 0 Å². The van der Waals surface area contributed by atoms with Gasteiger partial charge in [0.2, 0.25) is 0 Å². The number of carboxylic acid groups (broad SMARTS) is 3. The Labute approximate surface area is 238 Å². The van der Waals surface area contributed by atoms with Gasteiger partial charge in [0.15, 0.2) is 5.60 Å². The number of ether oxygens (including phenoxy) is 2. The lowest BCUT2D eigenvalue weighted by molar-refractivity contribution is -0.170. The van der Waals surface area contributed by atoms with E-state index in [1.54, 1.807) is 14.2 Å². The van der Waals surface area contributed by atoms with Crippen LogP contribution < -0.4 is 10.1 Å². The fourth-order valence-corrected chi connectivity index (χ4v) is 5.27. The van der Waals surface area contributed by atoms with Crippen molar-refractivity contribution in [2.24, 2.45) is 0 Å². The number of nitrogens with one attached hydrogen (secondary N) is 1. The number of aliphatic carboxylic acids is 3. The molecule has 4 rings (SSSR count). The van der Waals surface area contributed by atoms with Gasteiger partial charge in [-0.2, -0.15) is 0 Å². The standard InChI is InChI=1S/C24H30N2O2.C6H8O7/c1-27-16-15-26-18-19(22-7-3-4-8-23(22)26)17-25-24(13-5-6-14-24)20-9-11-21(28-2)12-10-20;7-3(8)1-6(13,5(11)12)2-4(9)10/h3-4,7-12,18,25H,5-6,13-17H2,1-2H3;13H,1-2H2,(H,7,8)(H,9,10)(H,11,12). The van der Waals surface area contributed by atoms with E-state index in [-0.39, 0.29) is 5.54 Å². The quantitative estimate of drug-likeness (QED) is 0.205. The average Bonchev–Trinajstić information content (AvgIpc) is 3.56. The predicted octanol–water partition coefficient (Wildman–Crippen LogP) is 3.61. The van der Waals surface area contributed by atoms with E-state index in [1.165, 1.54) is 47.7 Å². The third-order valence-electron chi connectivity index (χ3n) is 7.41. The van der Waals surface area contributed by atoms with Gasteiger partial charge in [-0.1, -0.05) is 43.2 Å². The molecule has 0 saturated heterocycles. The van der Waals surface area contributed by atoms with E-state index in [0.717, 1.165) is 25.4 Å². The van der Waals surface area contributed by atoms with Crippen LogP contribution in [0.1, 0.15) is 49.7 Å². The lowest BCUT2D eigenvalue weighted by atomic mass is 9.88. The molecule has 1 aliphatic carbocycles. The number of fused-ring (bicyclic) bond motifs is 1. The number of hydrogen-bond donors (Lipinski definition) is 5. The summed E-state index contributed by atoms with van der Waals surface area (Å²) >= 11 is 0. The molecule has 0 atom stereocenters. The Morgan fingerprint density at radius 2 is 1.56 bits per heavy atom. The van der Waals surface area contributed by atoms with Crippen LogP contribution in [0.5, 0.6) is 5.75 Å². The van der Waals surface area contributed by atoms with Gasteiger partial charge in [0.1, 0.15) is 5.75 Å². The van der Waals surface area contributed by atoms with Gasteiger partial charge in [0, 0.05) is 42.8 Å². The number of methoxy groups -OCH3 is 2. The van der Waals surface area contributed by atoms with E-state index in [4.69, 9.17) is 29.9 Å². The highest BCUT2D eigenvalue weighted by Crippen LogP contribution is 2.40. The summed E-state index contributed by atoms with van der Waals surface area (Å²) < 4.78 is 12.9. The van der Waals surface area contributed by atoms with E-state index < -0.39 is 36.4 Å². The number of nitrogens with zero attached hydrogens (tertiary/aromatic N) is 1. The van der Waals surface area contributed by atoms with E-state index in [1.807, 2.05) is 0 Å². The zero-order valence-corrected chi connectivity index (χ0v) is 23.3. The second-order valence-electron chi connectivity index (χ2n) is 10.2. The van der Waals surface area contributed by atoms with Crippen molar-refractivity contribution in [1.29, 1.82) is 0 Å². The van der Waals surface area contributed by atoms with Crippen LogP contribution in [0.15, 0.2) is 54.7 Å². The van der Waals surface area contributed by atoms with Crippen LogP contribution in [-0.4, -0.2) is 69.3 Å².